The van der Waals surface area contributed by atoms with Crippen LogP contribution in [0.1, 0.15) is 43.9 Å². The van der Waals surface area contributed by atoms with E-state index in [0.717, 1.165) is 12.0 Å². The largest absolute Gasteiger partial charge is 0.479 e. The van der Waals surface area contributed by atoms with Crippen molar-refractivity contribution in [2.75, 3.05) is 20.0 Å². The summed E-state index contributed by atoms with van der Waals surface area (Å²) >= 11 is 1.27. The van der Waals surface area contributed by atoms with E-state index in [1.165, 1.54) is 11.3 Å². The molecule has 0 fully saturated rings. The van der Waals surface area contributed by atoms with Crippen LogP contribution in [0.2, 0.25) is 0 Å². The van der Waals surface area contributed by atoms with Gasteiger partial charge in [0.15, 0.2) is 22.9 Å². The van der Waals surface area contributed by atoms with E-state index in [2.05, 4.69) is 0 Å². The smallest absolute Gasteiger partial charge is 0.338 e. The summed E-state index contributed by atoms with van der Waals surface area (Å²) < 4.78 is 23.8. The minimum Gasteiger partial charge on any atom is -0.479 e. The Bertz CT molecular complexity index is 1630. The molecular weight excluding hydrogens is 506 g/mol. The Labute approximate surface area is 222 Å². The summed E-state index contributed by atoms with van der Waals surface area (Å²) in [5, 5.41) is 8.70. The molecule has 0 bridgehead atoms. The second kappa shape index (κ2) is 10.9. The van der Waals surface area contributed by atoms with E-state index in [9.17, 15) is 9.59 Å². The second-order valence-electron chi connectivity index (χ2n) is 8.54. The van der Waals surface area contributed by atoms with Crippen molar-refractivity contribution < 1.29 is 23.7 Å². The van der Waals surface area contributed by atoms with Crippen LogP contribution in [0.3, 0.4) is 0 Å². The van der Waals surface area contributed by atoms with Gasteiger partial charge in [-0.05, 0) is 54.8 Å². The van der Waals surface area contributed by atoms with Gasteiger partial charge < -0.3 is 18.9 Å². The predicted molar refractivity (Wildman–Crippen MR) is 140 cm³/mol. The van der Waals surface area contributed by atoms with Crippen LogP contribution in [0.4, 0.5) is 0 Å². The first-order chi connectivity index (χ1) is 18.5. The first kappa shape index (κ1) is 25.3. The zero-order valence-corrected chi connectivity index (χ0v) is 21.7. The quantitative estimate of drug-likeness (QED) is 0.410. The van der Waals surface area contributed by atoms with Gasteiger partial charge in [-0.3, -0.25) is 9.36 Å². The summed E-state index contributed by atoms with van der Waals surface area (Å²) in [6.45, 7) is 4.04. The number of hydrogen-bond acceptors (Lipinski definition) is 9. The molecule has 9 nitrogen and oxygen atoms in total. The third kappa shape index (κ3) is 4.80. The molecule has 1 aromatic heterocycles. The number of fused-ring (bicyclic) bond motifs is 2. The van der Waals surface area contributed by atoms with Crippen molar-refractivity contribution in [3.8, 4) is 23.3 Å². The van der Waals surface area contributed by atoms with Crippen LogP contribution in [0, 0.1) is 11.3 Å². The fourth-order valence-corrected chi connectivity index (χ4v) is 5.47. The van der Waals surface area contributed by atoms with Crippen LogP contribution in [0.5, 0.6) is 17.2 Å². The maximum absolute atomic E-state index is 13.8. The summed E-state index contributed by atoms with van der Waals surface area (Å²) in [5.41, 5.74) is 2.19. The van der Waals surface area contributed by atoms with Crippen LogP contribution in [0.15, 0.2) is 63.5 Å². The number of allylic oxidation sites excluding steroid dienone is 1. The molecule has 0 saturated carbocycles. The molecule has 2 aliphatic rings. The van der Waals surface area contributed by atoms with E-state index in [1.807, 2.05) is 31.2 Å². The van der Waals surface area contributed by atoms with Gasteiger partial charge in [-0.1, -0.05) is 42.9 Å². The summed E-state index contributed by atoms with van der Waals surface area (Å²) in [7, 11) is 0. The Balaban J connectivity index is 1.67. The van der Waals surface area contributed by atoms with Crippen molar-refractivity contribution in [2.24, 2.45) is 4.99 Å². The van der Waals surface area contributed by atoms with Gasteiger partial charge >= 0.3 is 5.97 Å². The zero-order chi connectivity index (χ0) is 26.6. The molecule has 2 aromatic carbocycles. The molecule has 0 spiro atoms. The molecule has 0 unspecified atom stereocenters. The highest BCUT2D eigenvalue weighted by Crippen LogP contribution is 2.38. The first-order valence-corrected chi connectivity index (χ1v) is 13.1. The average molecular weight is 532 g/mol. The minimum absolute atomic E-state index is 0.0410. The highest BCUT2D eigenvalue weighted by atomic mass is 32.1. The number of nitrogens with zero attached hydrogens (tertiary/aromatic N) is 3. The summed E-state index contributed by atoms with van der Waals surface area (Å²) in [4.78, 5) is 32.4. The molecule has 0 saturated heterocycles. The van der Waals surface area contributed by atoms with Crippen molar-refractivity contribution >= 4 is 23.4 Å². The number of nitriles is 1. The van der Waals surface area contributed by atoms with Crippen molar-refractivity contribution in [3.63, 3.8) is 0 Å². The van der Waals surface area contributed by atoms with Crippen LogP contribution in [0.25, 0.3) is 6.08 Å². The fourth-order valence-electron chi connectivity index (χ4n) is 4.45. The van der Waals surface area contributed by atoms with Crippen LogP contribution < -0.4 is 29.1 Å². The second-order valence-corrected chi connectivity index (χ2v) is 9.55. The molecule has 1 atom stereocenters. The van der Waals surface area contributed by atoms with E-state index >= 15 is 0 Å². The van der Waals surface area contributed by atoms with E-state index in [0.29, 0.717) is 49.8 Å². The molecule has 38 heavy (non-hydrogen) atoms. The Morgan fingerprint density at radius 2 is 2.00 bits per heavy atom. The molecule has 0 aliphatic carbocycles. The highest BCUT2D eigenvalue weighted by Gasteiger charge is 2.35. The van der Waals surface area contributed by atoms with Gasteiger partial charge in [-0.25, -0.2) is 9.79 Å². The fraction of sp³-hybridized carbons (Fsp3) is 0.286. The molecule has 2 aliphatic heterocycles. The monoisotopic (exact) mass is 531 g/mol. The van der Waals surface area contributed by atoms with Gasteiger partial charge in [0, 0.05) is 0 Å². The van der Waals surface area contributed by atoms with E-state index in [1.54, 1.807) is 41.8 Å². The molecule has 194 valence electrons. The third-order valence-corrected chi connectivity index (χ3v) is 7.07. The third-order valence-electron chi connectivity index (χ3n) is 6.09. The van der Waals surface area contributed by atoms with E-state index < -0.39 is 12.0 Å². The lowest BCUT2D eigenvalue weighted by molar-refractivity contribution is -0.139. The summed E-state index contributed by atoms with van der Waals surface area (Å²) in [6, 6.07) is 13.7. The number of carbonyl (C=O) groups is 1. The lowest BCUT2D eigenvalue weighted by atomic mass is 9.94. The van der Waals surface area contributed by atoms with Crippen LogP contribution in [-0.2, 0) is 9.53 Å². The molecular formula is C28H25N3O6S. The van der Waals surface area contributed by atoms with E-state index in [-0.39, 0.29) is 25.6 Å². The average Bonchev–Trinajstić information content (AvgIpc) is 3.51. The lowest BCUT2D eigenvalue weighted by Crippen LogP contribution is -2.40. The van der Waals surface area contributed by atoms with E-state index in [4.69, 9.17) is 29.2 Å². The van der Waals surface area contributed by atoms with Crippen LogP contribution >= 0.6 is 11.3 Å². The number of rotatable bonds is 8. The standard InChI is InChI=1S/C28H25N3O6S/c1-3-5-20-24(27(33)34-4-2)25(18-8-11-21-22(15-18)37-16-36-21)31-26(32)23(38-28(31)30-20)14-17-6-9-19(10-7-17)35-13-12-29/h6-11,14-15,25H,3-5,13,16H2,1-2H3/b23-14-/t25-/m1/s1. The normalized spacial score (nSPS) is 16.0. The van der Waals surface area contributed by atoms with Crippen LogP contribution in [-0.4, -0.2) is 30.5 Å². The van der Waals surface area contributed by atoms with Gasteiger partial charge in [-0.2, -0.15) is 5.26 Å². The number of hydrogen-bond donors (Lipinski definition) is 0. The number of thiazole rings is 1. The van der Waals surface area contributed by atoms with Gasteiger partial charge in [-0.15, -0.1) is 0 Å². The number of carbonyl (C=O) groups excluding carboxylic acids is 1. The summed E-state index contributed by atoms with van der Waals surface area (Å²) in [6.07, 6.45) is 3.11. The molecule has 3 aromatic rings. The molecule has 0 amide bonds. The Morgan fingerprint density at radius 3 is 2.74 bits per heavy atom. The number of ether oxygens (including phenoxy) is 4. The number of aromatic nitrogens is 1. The molecule has 0 radical (unpaired) electrons. The van der Waals surface area contributed by atoms with Crippen molar-refractivity contribution in [1.82, 2.24) is 4.57 Å². The van der Waals surface area contributed by atoms with Crippen molar-refractivity contribution in [1.29, 1.82) is 5.26 Å². The topological polar surface area (TPSA) is 112 Å². The summed E-state index contributed by atoms with van der Waals surface area (Å²) in [5.74, 6) is 1.24. The van der Waals surface area contributed by atoms with Crippen molar-refractivity contribution in [3.05, 3.63) is 84.5 Å². The molecule has 0 N–H and O–H groups in total. The van der Waals surface area contributed by atoms with Gasteiger partial charge in [0.25, 0.3) is 5.56 Å². The van der Waals surface area contributed by atoms with Gasteiger partial charge in [0.2, 0.25) is 6.79 Å². The minimum atomic E-state index is -0.731. The first-order valence-electron chi connectivity index (χ1n) is 12.2. The number of benzene rings is 2. The maximum Gasteiger partial charge on any atom is 0.338 e. The highest BCUT2D eigenvalue weighted by molar-refractivity contribution is 7.07. The maximum atomic E-state index is 13.8. The Morgan fingerprint density at radius 1 is 1.21 bits per heavy atom. The van der Waals surface area contributed by atoms with Gasteiger partial charge in [0.1, 0.15) is 11.8 Å². The molecule has 10 heteroatoms. The van der Waals surface area contributed by atoms with Crippen molar-refractivity contribution in [2.45, 2.75) is 32.7 Å². The predicted octanol–water partition coefficient (Wildman–Crippen LogP) is 3.21. The zero-order valence-electron chi connectivity index (χ0n) is 20.9. The van der Waals surface area contributed by atoms with Gasteiger partial charge in [0.05, 0.1) is 28.5 Å². The molecule has 3 heterocycles. The SMILES string of the molecule is CCCC1=C(C(=O)OCC)[C@@H](c2ccc3c(c2)OCO3)n2c(s/c(=C\c3ccc(OCC#N)cc3)c2=O)=N1. The lowest BCUT2D eigenvalue weighted by Gasteiger charge is -2.25. The Kier molecular flexibility index (Phi) is 7.29. The number of esters is 1. The Hall–Kier alpha value is -4.36. The molecule has 5 rings (SSSR count).